The maximum absolute atomic E-state index is 9.76. The number of aliphatic hydroxyl groups excluding tert-OH is 1. The highest BCUT2D eigenvalue weighted by Crippen LogP contribution is 2.26. The van der Waals surface area contributed by atoms with E-state index in [2.05, 4.69) is 27.0 Å². The Kier molecular flexibility index (Phi) is 4.32. The van der Waals surface area contributed by atoms with E-state index in [0.717, 1.165) is 54.0 Å². The highest BCUT2D eigenvalue weighted by Gasteiger charge is 2.24. The van der Waals surface area contributed by atoms with Crippen LogP contribution in [0.2, 0.25) is 0 Å². The van der Waals surface area contributed by atoms with Crippen LogP contribution in [0.3, 0.4) is 0 Å². The zero-order chi connectivity index (χ0) is 17.2. The molecule has 3 aromatic rings. The van der Waals surface area contributed by atoms with Gasteiger partial charge >= 0.3 is 0 Å². The van der Waals surface area contributed by atoms with Crippen LogP contribution in [0.15, 0.2) is 48.8 Å². The Morgan fingerprint density at radius 3 is 2.72 bits per heavy atom. The molecule has 1 fully saturated rings. The molecule has 4 rings (SSSR count). The molecule has 0 amide bonds. The van der Waals surface area contributed by atoms with Crippen molar-refractivity contribution in [1.29, 1.82) is 0 Å². The number of para-hydroxylation sites is 1. The van der Waals surface area contributed by atoms with E-state index in [1.165, 1.54) is 0 Å². The summed E-state index contributed by atoms with van der Waals surface area (Å²) in [7, 11) is 0. The SMILES string of the molecule is CC(O)C1CCN(c2nccc(-c3cnc4ccccc4c3)n2)CC1. The van der Waals surface area contributed by atoms with Crippen molar-refractivity contribution in [1.82, 2.24) is 15.0 Å². The quantitative estimate of drug-likeness (QED) is 0.796. The average molecular weight is 334 g/mol. The predicted molar refractivity (Wildman–Crippen MR) is 99.4 cm³/mol. The number of benzene rings is 1. The van der Waals surface area contributed by atoms with Gasteiger partial charge in [0.25, 0.3) is 0 Å². The predicted octanol–water partition coefficient (Wildman–Crippen LogP) is 3.29. The van der Waals surface area contributed by atoms with Gasteiger partial charge in [0.15, 0.2) is 0 Å². The van der Waals surface area contributed by atoms with Gasteiger partial charge in [0.2, 0.25) is 5.95 Å². The summed E-state index contributed by atoms with van der Waals surface area (Å²) < 4.78 is 0. The number of pyridine rings is 1. The number of anilines is 1. The molecular formula is C20H22N4O. The Labute approximate surface area is 147 Å². The molecule has 0 aliphatic carbocycles. The Hall–Kier alpha value is -2.53. The standard InChI is InChI=1S/C20H22N4O/c1-14(25)15-7-10-24(11-8-15)20-21-9-6-19(23-20)17-12-16-4-2-3-5-18(16)22-13-17/h2-6,9,12-15,25H,7-8,10-11H2,1H3. The second-order valence-electron chi connectivity index (χ2n) is 6.72. The largest absolute Gasteiger partial charge is 0.393 e. The fourth-order valence-electron chi connectivity index (χ4n) is 3.45. The minimum absolute atomic E-state index is 0.238. The first-order valence-corrected chi connectivity index (χ1v) is 8.82. The number of fused-ring (bicyclic) bond motifs is 1. The van der Waals surface area contributed by atoms with Crippen LogP contribution >= 0.6 is 0 Å². The molecule has 1 aliphatic heterocycles. The van der Waals surface area contributed by atoms with Crippen molar-refractivity contribution in [2.24, 2.45) is 5.92 Å². The molecule has 5 nitrogen and oxygen atoms in total. The van der Waals surface area contributed by atoms with Crippen LogP contribution in [-0.2, 0) is 0 Å². The Morgan fingerprint density at radius 2 is 1.92 bits per heavy atom. The van der Waals surface area contributed by atoms with Gasteiger partial charge in [0.05, 0.1) is 17.3 Å². The normalized spacial score (nSPS) is 17.0. The minimum Gasteiger partial charge on any atom is -0.393 e. The van der Waals surface area contributed by atoms with E-state index in [1.807, 2.05) is 43.6 Å². The van der Waals surface area contributed by atoms with Gasteiger partial charge < -0.3 is 10.0 Å². The van der Waals surface area contributed by atoms with Crippen LogP contribution in [0, 0.1) is 5.92 Å². The topological polar surface area (TPSA) is 62.1 Å². The second kappa shape index (κ2) is 6.76. The number of hydrogen-bond donors (Lipinski definition) is 1. The number of aromatic nitrogens is 3. The summed E-state index contributed by atoms with van der Waals surface area (Å²) in [5, 5.41) is 10.9. The van der Waals surface area contributed by atoms with E-state index < -0.39 is 0 Å². The van der Waals surface area contributed by atoms with Gasteiger partial charge in [-0.2, -0.15) is 0 Å². The summed E-state index contributed by atoms with van der Waals surface area (Å²) in [6.07, 6.45) is 5.39. The molecule has 0 spiro atoms. The van der Waals surface area contributed by atoms with Crippen molar-refractivity contribution in [2.75, 3.05) is 18.0 Å². The van der Waals surface area contributed by atoms with Crippen molar-refractivity contribution in [2.45, 2.75) is 25.9 Å². The molecule has 3 heterocycles. The van der Waals surface area contributed by atoms with Crippen LogP contribution in [-0.4, -0.2) is 39.3 Å². The Balaban J connectivity index is 1.59. The average Bonchev–Trinajstić information content (AvgIpc) is 2.68. The Morgan fingerprint density at radius 1 is 1.12 bits per heavy atom. The van der Waals surface area contributed by atoms with E-state index in [9.17, 15) is 5.11 Å². The highest BCUT2D eigenvalue weighted by atomic mass is 16.3. The summed E-state index contributed by atoms with van der Waals surface area (Å²) in [5.74, 6) is 1.14. The van der Waals surface area contributed by atoms with E-state index in [1.54, 1.807) is 0 Å². The van der Waals surface area contributed by atoms with Gasteiger partial charge in [-0.3, -0.25) is 4.98 Å². The van der Waals surface area contributed by atoms with E-state index in [-0.39, 0.29) is 6.10 Å². The molecule has 2 aromatic heterocycles. The molecule has 1 atom stereocenters. The van der Waals surface area contributed by atoms with Gasteiger partial charge in [-0.05, 0) is 43.9 Å². The molecule has 1 aliphatic rings. The molecule has 1 aromatic carbocycles. The molecular weight excluding hydrogens is 312 g/mol. The third kappa shape index (κ3) is 3.33. The smallest absolute Gasteiger partial charge is 0.225 e. The van der Waals surface area contributed by atoms with Gasteiger partial charge in [0, 0.05) is 36.4 Å². The number of hydrogen-bond acceptors (Lipinski definition) is 5. The Bertz CT molecular complexity index is 872. The lowest BCUT2D eigenvalue weighted by atomic mass is 9.92. The number of rotatable bonds is 3. The van der Waals surface area contributed by atoms with E-state index in [0.29, 0.717) is 5.92 Å². The third-order valence-electron chi connectivity index (χ3n) is 5.03. The molecule has 1 N–H and O–H groups in total. The molecule has 5 heteroatoms. The van der Waals surface area contributed by atoms with Crippen LogP contribution in [0.25, 0.3) is 22.2 Å². The summed E-state index contributed by atoms with van der Waals surface area (Å²) in [5.41, 5.74) is 2.88. The van der Waals surface area contributed by atoms with Gasteiger partial charge in [-0.25, -0.2) is 9.97 Å². The summed E-state index contributed by atoms with van der Waals surface area (Å²) in [6.45, 7) is 3.65. The lowest BCUT2D eigenvalue weighted by molar-refractivity contribution is 0.109. The van der Waals surface area contributed by atoms with Crippen LogP contribution < -0.4 is 4.90 Å². The molecule has 0 saturated carbocycles. The fourth-order valence-corrected chi connectivity index (χ4v) is 3.45. The second-order valence-corrected chi connectivity index (χ2v) is 6.72. The molecule has 128 valence electrons. The monoisotopic (exact) mass is 334 g/mol. The van der Waals surface area contributed by atoms with Crippen molar-refractivity contribution >= 4 is 16.9 Å². The number of aliphatic hydroxyl groups is 1. The lowest BCUT2D eigenvalue weighted by Gasteiger charge is -2.33. The van der Waals surface area contributed by atoms with Gasteiger partial charge in [-0.15, -0.1) is 0 Å². The molecule has 0 radical (unpaired) electrons. The highest BCUT2D eigenvalue weighted by molar-refractivity contribution is 5.82. The number of piperidine rings is 1. The van der Waals surface area contributed by atoms with Gasteiger partial charge in [-0.1, -0.05) is 18.2 Å². The van der Waals surface area contributed by atoms with E-state index in [4.69, 9.17) is 4.98 Å². The molecule has 1 saturated heterocycles. The zero-order valence-electron chi connectivity index (χ0n) is 14.3. The van der Waals surface area contributed by atoms with Crippen molar-refractivity contribution < 1.29 is 5.11 Å². The van der Waals surface area contributed by atoms with Crippen LogP contribution in [0.4, 0.5) is 5.95 Å². The third-order valence-corrected chi connectivity index (χ3v) is 5.03. The molecule has 0 bridgehead atoms. The zero-order valence-corrected chi connectivity index (χ0v) is 14.3. The summed E-state index contributed by atoms with van der Waals surface area (Å²) >= 11 is 0. The lowest BCUT2D eigenvalue weighted by Crippen LogP contribution is -2.37. The van der Waals surface area contributed by atoms with Crippen molar-refractivity contribution in [3.63, 3.8) is 0 Å². The van der Waals surface area contributed by atoms with Gasteiger partial charge in [0.1, 0.15) is 0 Å². The summed E-state index contributed by atoms with van der Waals surface area (Å²) in [4.78, 5) is 15.9. The maximum atomic E-state index is 9.76. The van der Waals surface area contributed by atoms with Crippen molar-refractivity contribution in [3.8, 4) is 11.3 Å². The first-order valence-electron chi connectivity index (χ1n) is 8.82. The van der Waals surface area contributed by atoms with Crippen molar-refractivity contribution in [3.05, 3.63) is 48.8 Å². The van der Waals surface area contributed by atoms with Crippen LogP contribution in [0.1, 0.15) is 19.8 Å². The fraction of sp³-hybridized carbons (Fsp3) is 0.350. The van der Waals surface area contributed by atoms with E-state index >= 15 is 0 Å². The van der Waals surface area contributed by atoms with Crippen LogP contribution in [0.5, 0.6) is 0 Å². The molecule has 1 unspecified atom stereocenters. The molecule has 25 heavy (non-hydrogen) atoms. The first kappa shape index (κ1) is 16.0. The number of nitrogens with zero attached hydrogens (tertiary/aromatic N) is 4. The first-order chi connectivity index (χ1) is 12.2. The summed E-state index contributed by atoms with van der Waals surface area (Å²) in [6, 6.07) is 12.1. The minimum atomic E-state index is -0.238. The maximum Gasteiger partial charge on any atom is 0.225 e.